The highest BCUT2D eigenvalue weighted by Gasteiger charge is 2.42. The number of benzene rings is 2. The van der Waals surface area contributed by atoms with Crippen molar-refractivity contribution in [3.8, 4) is 0 Å². The van der Waals surface area contributed by atoms with Crippen molar-refractivity contribution in [2.24, 2.45) is 0 Å². The first-order valence-electron chi connectivity index (χ1n) is 7.28. The molecule has 104 valence electrons. The van der Waals surface area contributed by atoms with Gasteiger partial charge in [-0.2, -0.15) is 0 Å². The van der Waals surface area contributed by atoms with Crippen molar-refractivity contribution in [2.75, 3.05) is 6.54 Å². The third-order valence-corrected chi connectivity index (χ3v) is 4.20. The summed E-state index contributed by atoms with van der Waals surface area (Å²) in [6.07, 6.45) is 0.465. The predicted molar refractivity (Wildman–Crippen MR) is 81.5 cm³/mol. The van der Waals surface area contributed by atoms with Gasteiger partial charge in [-0.05, 0) is 24.5 Å². The van der Waals surface area contributed by atoms with Gasteiger partial charge >= 0.3 is 0 Å². The van der Waals surface area contributed by atoms with Gasteiger partial charge in [-0.25, -0.2) is 0 Å². The topological polar surface area (TPSA) is 23.2 Å². The summed E-state index contributed by atoms with van der Waals surface area (Å²) in [4.78, 5) is 2.36. The Morgan fingerprint density at radius 2 is 1.65 bits per heavy atom. The van der Waals surface area contributed by atoms with E-state index in [1.54, 1.807) is 0 Å². The number of nitrogens with zero attached hydrogens (tertiary/aromatic N) is 1. The van der Waals surface area contributed by atoms with Crippen LogP contribution >= 0.6 is 0 Å². The van der Waals surface area contributed by atoms with E-state index in [4.69, 9.17) is 0 Å². The van der Waals surface area contributed by atoms with E-state index < -0.39 is 0 Å². The van der Waals surface area contributed by atoms with Crippen LogP contribution in [0.5, 0.6) is 0 Å². The van der Waals surface area contributed by atoms with Crippen molar-refractivity contribution in [1.29, 1.82) is 0 Å². The molecule has 0 bridgehead atoms. The second-order valence-corrected chi connectivity index (χ2v) is 5.61. The minimum absolute atomic E-state index is 0.274. The van der Waals surface area contributed by atoms with Gasteiger partial charge in [0.2, 0.25) is 0 Å². The lowest BCUT2D eigenvalue weighted by molar-refractivity contribution is 0.149. The van der Waals surface area contributed by atoms with Crippen LogP contribution in [-0.4, -0.2) is 28.7 Å². The highest BCUT2D eigenvalue weighted by molar-refractivity contribution is 5.22. The Bertz CT molecular complexity index is 540. The molecule has 1 aliphatic heterocycles. The highest BCUT2D eigenvalue weighted by Crippen LogP contribution is 2.34. The molecular weight excluding hydrogens is 246 g/mol. The number of aliphatic hydroxyl groups excluding tert-OH is 1. The Hall–Kier alpha value is -1.64. The Labute approximate surface area is 120 Å². The molecule has 0 aromatic heterocycles. The van der Waals surface area contributed by atoms with Crippen molar-refractivity contribution in [3.05, 3.63) is 71.8 Å². The van der Waals surface area contributed by atoms with Crippen LogP contribution in [0.15, 0.2) is 60.7 Å². The third kappa shape index (κ3) is 2.92. The molecule has 4 atom stereocenters. The lowest BCUT2D eigenvalue weighted by atomic mass is 10.1. The number of rotatable bonds is 5. The average Bonchev–Trinajstić information content (AvgIpc) is 3.29. The second-order valence-electron chi connectivity index (χ2n) is 5.61. The highest BCUT2D eigenvalue weighted by atomic mass is 16.3. The van der Waals surface area contributed by atoms with Crippen molar-refractivity contribution in [3.63, 3.8) is 0 Å². The van der Waals surface area contributed by atoms with Crippen LogP contribution in [0.3, 0.4) is 0 Å². The van der Waals surface area contributed by atoms with Crippen molar-refractivity contribution in [1.82, 2.24) is 4.90 Å². The van der Waals surface area contributed by atoms with Crippen molar-refractivity contribution < 1.29 is 5.11 Å². The Balaban J connectivity index is 1.59. The lowest BCUT2D eigenvalue weighted by Gasteiger charge is -2.17. The molecule has 2 nitrogen and oxygen atoms in total. The molecular formula is C18H21NO. The minimum atomic E-state index is -0.274. The molecule has 0 spiro atoms. The van der Waals surface area contributed by atoms with Gasteiger partial charge in [0, 0.05) is 18.6 Å². The quantitative estimate of drug-likeness (QED) is 0.842. The molecule has 2 aromatic rings. The zero-order valence-electron chi connectivity index (χ0n) is 11.8. The number of aliphatic hydroxyl groups is 1. The summed E-state index contributed by atoms with van der Waals surface area (Å²) in [5.41, 5.74) is 2.53. The van der Waals surface area contributed by atoms with Gasteiger partial charge in [0.15, 0.2) is 0 Å². The molecule has 0 amide bonds. The van der Waals surface area contributed by atoms with Gasteiger partial charge in [-0.3, -0.25) is 4.90 Å². The zero-order chi connectivity index (χ0) is 13.9. The largest absolute Gasteiger partial charge is 0.391 e. The van der Waals surface area contributed by atoms with Crippen LogP contribution in [0, 0.1) is 0 Å². The van der Waals surface area contributed by atoms with E-state index in [2.05, 4.69) is 48.2 Å². The Kier molecular flexibility index (Phi) is 3.86. The summed E-state index contributed by atoms with van der Waals surface area (Å²) < 4.78 is 0. The molecule has 1 fully saturated rings. The molecule has 0 aliphatic carbocycles. The Morgan fingerprint density at radius 1 is 1.05 bits per heavy atom. The number of hydrogen-bond donors (Lipinski definition) is 1. The molecule has 1 N–H and O–H groups in total. The van der Waals surface area contributed by atoms with Crippen LogP contribution < -0.4 is 0 Å². The van der Waals surface area contributed by atoms with Crippen molar-refractivity contribution in [2.45, 2.75) is 31.5 Å². The second kappa shape index (κ2) is 5.78. The van der Waals surface area contributed by atoms with Gasteiger partial charge in [0.25, 0.3) is 0 Å². The van der Waals surface area contributed by atoms with E-state index in [0.29, 0.717) is 12.1 Å². The fraction of sp³-hybridized carbons (Fsp3) is 0.333. The van der Waals surface area contributed by atoms with Gasteiger partial charge in [0.1, 0.15) is 0 Å². The summed E-state index contributed by atoms with van der Waals surface area (Å²) in [7, 11) is 0. The molecule has 20 heavy (non-hydrogen) atoms. The SMILES string of the molecule is C[C@H](c1ccccc1)[N@]1CC1C(O)Cc1ccccc1. The monoisotopic (exact) mass is 267 g/mol. The normalized spacial score (nSPS) is 24.1. The van der Waals surface area contributed by atoms with Crippen LogP contribution in [0.4, 0.5) is 0 Å². The average molecular weight is 267 g/mol. The smallest absolute Gasteiger partial charge is 0.0748 e. The molecule has 0 saturated carbocycles. The van der Waals surface area contributed by atoms with E-state index >= 15 is 0 Å². The summed E-state index contributed by atoms with van der Waals surface area (Å²) >= 11 is 0. The summed E-state index contributed by atoms with van der Waals surface area (Å²) in [6.45, 7) is 3.20. The predicted octanol–water partition coefficient (Wildman–Crippen LogP) is 3.04. The summed E-state index contributed by atoms with van der Waals surface area (Å²) in [6, 6.07) is 21.4. The molecule has 2 unspecified atom stereocenters. The maximum atomic E-state index is 10.4. The molecule has 2 aromatic carbocycles. The minimum Gasteiger partial charge on any atom is -0.391 e. The maximum Gasteiger partial charge on any atom is 0.0748 e. The van der Waals surface area contributed by atoms with Gasteiger partial charge in [-0.1, -0.05) is 60.7 Å². The molecule has 0 radical (unpaired) electrons. The third-order valence-electron chi connectivity index (χ3n) is 4.20. The molecule has 1 aliphatic rings. The first-order chi connectivity index (χ1) is 9.75. The lowest BCUT2D eigenvalue weighted by Crippen LogP contribution is -2.23. The van der Waals surface area contributed by atoms with E-state index in [-0.39, 0.29) is 6.10 Å². The summed E-state index contributed by atoms with van der Waals surface area (Å²) in [5.74, 6) is 0. The van der Waals surface area contributed by atoms with Crippen LogP contribution in [0.25, 0.3) is 0 Å². The van der Waals surface area contributed by atoms with Gasteiger partial charge in [-0.15, -0.1) is 0 Å². The first-order valence-corrected chi connectivity index (χ1v) is 7.28. The standard InChI is InChI=1S/C18H21NO/c1-14(16-10-6-3-7-11-16)19-13-17(19)18(20)12-15-8-4-2-5-9-15/h2-11,14,17-18,20H,12-13H2,1H3/t14-,17?,18?,19+/m1/s1. The zero-order valence-corrected chi connectivity index (χ0v) is 11.8. The van der Waals surface area contributed by atoms with E-state index in [1.165, 1.54) is 11.1 Å². The van der Waals surface area contributed by atoms with Crippen LogP contribution in [0.2, 0.25) is 0 Å². The van der Waals surface area contributed by atoms with Crippen molar-refractivity contribution >= 4 is 0 Å². The molecule has 2 heteroatoms. The van der Waals surface area contributed by atoms with E-state index in [1.807, 2.05) is 24.3 Å². The molecule has 1 heterocycles. The molecule has 3 rings (SSSR count). The number of hydrogen-bond acceptors (Lipinski definition) is 2. The summed E-state index contributed by atoms with van der Waals surface area (Å²) in [5, 5.41) is 10.4. The fourth-order valence-electron chi connectivity index (χ4n) is 2.87. The van der Waals surface area contributed by atoms with Crippen LogP contribution in [-0.2, 0) is 6.42 Å². The van der Waals surface area contributed by atoms with E-state index in [9.17, 15) is 5.11 Å². The Morgan fingerprint density at radius 3 is 2.30 bits per heavy atom. The van der Waals surface area contributed by atoms with Crippen LogP contribution in [0.1, 0.15) is 24.1 Å². The molecule has 1 saturated heterocycles. The van der Waals surface area contributed by atoms with E-state index in [0.717, 1.165) is 13.0 Å². The van der Waals surface area contributed by atoms with Gasteiger partial charge < -0.3 is 5.11 Å². The maximum absolute atomic E-state index is 10.4. The van der Waals surface area contributed by atoms with Gasteiger partial charge in [0.05, 0.1) is 6.10 Å². The fourth-order valence-corrected chi connectivity index (χ4v) is 2.87. The first kappa shape index (κ1) is 13.3.